The second-order valence-electron chi connectivity index (χ2n) is 5.70. The second-order valence-corrected chi connectivity index (χ2v) is 7.93. The summed E-state index contributed by atoms with van der Waals surface area (Å²) in [6, 6.07) is 11.8. The topological polar surface area (TPSA) is 51.2 Å². The van der Waals surface area contributed by atoms with E-state index < -0.39 is 0 Å². The van der Waals surface area contributed by atoms with Gasteiger partial charge in [0.05, 0.1) is 27.7 Å². The largest absolute Gasteiger partial charge is 0.488 e. The molecule has 2 aromatic heterocycles. The molecule has 3 aromatic rings. The van der Waals surface area contributed by atoms with E-state index in [1.807, 2.05) is 43.3 Å². The van der Waals surface area contributed by atoms with Crippen LogP contribution in [0.4, 0.5) is 0 Å². The lowest BCUT2D eigenvalue weighted by Gasteiger charge is -2.17. The first-order valence-electron chi connectivity index (χ1n) is 7.91. The van der Waals surface area contributed by atoms with Crippen molar-refractivity contribution in [1.82, 2.24) is 10.3 Å². The third-order valence-corrected chi connectivity index (χ3v) is 5.76. The number of carbonyl (C=O) groups excluding carboxylic acids is 1. The molecule has 0 atom stereocenters. The summed E-state index contributed by atoms with van der Waals surface area (Å²) in [6.45, 7) is 2.81. The van der Waals surface area contributed by atoms with E-state index in [0.29, 0.717) is 18.7 Å². The number of amides is 1. The minimum atomic E-state index is -0.0889. The number of aryl methyl sites for hydroxylation is 1. The number of aromatic nitrogens is 1. The lowest BCUT2D eigenvalue weighted by molar-refractivity contribution is -0.117. The van der Waals surface area contributed by atoms with Gasteiger partial charge in [0.1, 0.15) is 12.4 Å². The quantitative estimate of drug-likeness (QED) is 0.748. The third kappa shape index (κ3) is 3.50. The van der Waals surface area contributed by atoms with E-state index in [1.54, 1.807) is 22.7 Å². The Bertz CT molecular complexity index is 956. The monoisotopic (exact) mass is 368 g/mol. The number of nitrogens with one attached hydrogen (secondary N) is 1. The van der Waals surface area contributed by atoms with E-state index in [1.165, 1.54) is 0 Å². The highest BCUT2D eigenvalue weighted by Crippen LogP contribution is 2.29. The van der Waals surface area contributed by atoms with Crippen LogP contribution in [0.25, 0.3) is 16.6 Å². The number of hydrogen-bond donors (Lipinski definition) is 1. The fraction of sp³-hybridized carbons (Fsp3) is 0.158. The number of ether oxygens (including phenoxy) is 1. The van der Waals surface area contributed by atoms with E-state index >= 15 is 0 Å². The van der Waals surface area contributed by atoms with Gasteiger partial charge < -0.3 is 10.1 Å². The average molecular weight is 368 g/mol. The molecule has 1 aliphatic rings. The molecule has 0 unspecified atom stereocenters. The number of para-hydroxylation sites is 1. The zero-order valence-electron chi connectivity index (χ0n) is 13.6. The first kappa shape index (κ1) is 16.1. The van der Waals surface area contributed by atoms with E-state index in [2.05, 4.69) is 21.7 Å². The van der Waals surface area contributed by atoms with Gasteiger partial charge in [-0.2, -0.15) is 0 Å². The summed E-state index contributed by atoms with van der Waals surface area (Å²) in [5, 5.41) is 6.09. The van der Waals surface area contributed by atoms with Gasteiger partial charge in [-0.05, 0) is 31.2 Å². The number of hydrogen-bond acceptors (Lipinski definition) is 5. The van der Waals surface area contributed by atoms with Crippen molar-refractivity contribution in [2.75, 3.05) is 6.61 Å². The van der Waals surface area contributed by atoms with E-state index in [0.717, 1.165) is 31.8 Å². The number of thiazole rings is 1. The van der Waals surface area contributed by atoms with Crippen LogP contribution in [0.1, 0.15) is 15.4 Å². The molecule has 1 aliphatic heterocycles. The highest BCUT2D eigenvalue weighted by molar-refractivity contribution is 7.16. The molecule has 1 amide bonds. The Balaban J connectivity index is 1.41. The molecule has 0 spiro atoms. The third-order valence-electron chi connectivity index (χ3n) is 3.88. The minimum Gasteiger partial charge on any atom is -0.488 e. The number of carbonyl (C=O) groups is 1. The van der Waals surface area contributed by atoms with Gasteiger partial charge in [0.15, 0.2) is 0 Å². The van der Waals surface area contributed by atoms with Crippen molar-refractivity contribution in [3.63, 3.8) is 0 Å². The molecule has 0 saturated heterocycles. The number of fused-ring (bicyclic) bond motifs is 1. The van der Waals surface area contributed by atoms with Crippen molar-refractivity contribution < 1.29 is 9.53 Å². The summed E-state index contributed by atoms with van der Waals surface area (Å²) in [6.07, 6.45) is 1.89. The first-order valence-corrected chi connectivity index (χ1v) is 9.60. The van der Waals surface area contributed by atoms with E-state index in [9.17, 15) is 4.79 Å². The first-order chi connectivity index (χ1) is 12.2. The highest BCUT2D eigenvalue weighted by Gasteiger charge is 2.17. The van der Waals surface area contributed by atoms with Crippen LogP contribution >= 0.6 is 22.7 Å². The van der Waals surface area contributed by atoms with Crippen molar-refractivity contribution in [1.29, 1.82) is 0 Å². The van der Waals surface area contributed by atoms with Gasteiger partial charge in [-0.3, -0.25) is 4.79 Å². The lowest BCUT2D eigenvalue weighted by atomic mass is 10.1. The van der Waals surface area contributed by atoms with Gasteiger partial charge in [-0.15, -0.1) is 22.7 Å². The fourth-order valence-electron chi connectivity index (χ4n) is 2.62. The Kier molecular flexibility index (Phi) is 4.38. The van der Waals surface area contributed by atoms with Crippen LogP contribution in [0, 0.1) is 6.92 Å². The molecule has 0 aliphatic carbocycles. The number of rotatable bonds is 4. The van der Waals surface area contributed by atoms with Crippen LogP contribution in [-0.2, 0) is 11.3 Å². The molecule has 126 valence electrons. The molecule has 4 nitrogen and oxygen atoms in total. The van der Waals surface area contributed by atoms with Crippen molar-refractivity contribution in [3.8, 4) is 16.3 Å². The van der Waals surface area contributed by atoms with Gasteiger partial charge in [0.2, 0.25) is 0 Å². The lowest BCUT2D eigenvalue weighted by Crippen LogP contribution is -2.27. The normalized spacial score (nSPS) is 12.9. The van der Waals surface area contributed by atoms with Crippen LogP contribution < -0.4 is 10.1 Å². The maximum absolute atomic E-state index is 12.4. The van der Waals surface area contributed by atoms with Crippen molar-refractivity contribution >= 4 is 34.7 Å². The van der Waals surface area contributed by atoms with Gasteiger partial charge in [-0.25, -0.2) is 4.98 Å². The van der Waals surface area contributed by atoms with Crippen LogP contribution in [0.2, 0.25) is 0 Å². The molecule has 25 heavy (non-hydrogen) atoms. The Morgan fingerprint density at radius 2 is 2.16 bits per heavy atom. The molecular weight excluding hydrogens is 352 g/mol. The summed E-state index contributed by atoms with van der Waals surface area (Å²) in [7, 11) is 0. The fourth-order valence-corrected chi connectivity index (χ4v) is 4.21. The van der Waals surface area contributed by atoms with E-state index in [-0.39, 0.29) is 5.91 Å². The summed E-state index contributed by atoms with van der Waals surface area (Å²) in [5.41, 5.74) is 2.59. The van der Waals surface area contributed by atoms with Crippen LogP contribution in [0.5, 0.6) is 5.75 Å². The SMILES string of the molecule is Cc1nc(-c2ccc(CNC(=O)C3=Cc4ccccc4OC3)s2)cs1. The molecule has 3 heterocycles. The predicted octanol–water partition coefficient (Wildman–Crippen LogP) is 4.27. The smallest absolute Gasteiger partial charge is 0.250 e. The predicted molar refractivity (Wildman–Crippen MR) is 102 cm³/mol. The van der Waals surface area contributed by atoms with Gasteiger partial charge in [0, 0.05) is 15.8 Å². The zero-order chi connectivity index (χ0) is 17.2. The van der Waals surface area contributed by atoms with E-state index in [4.69, 9.17) is 4.74 Å². The summed E-state index contributed by atoms with van der Waals surface area (Å²) < 4.78 is 5.64. The molecule has 0 radical (unpaired) electrons. The standard InChI is InChI=1S/C19H16N2O2S2/c1-12-21-16(11-24-12)18-7-6-15(25-18)9-20-19(22)14-8-13-4-2-3-5-17(13)23-10-14/h2-8,11H,9-10H2,1H3,(H,20,22). The molecule has 6 heteroatoms. The minimum absolute atomic E-state index is 0.0889. The number of thiophene rings is 1. The molecule has 0 fully saturated rings. The van der Waals surface area contributed by atoms with Gasteiger partial charge in [0.25, 0.3) is 5.91 Å². The Hall–Kier alpha value is -2.44. The number of benzene rings is 1. The Labute approximate surface area is 153 Å². The van der Waals surface area contributed by atoms with Crippen LogP contribution in [0.3, 0.4) is 0 Å². The molecule has 0 saturated carbocycles. The van der Waals surface area contributed by atoms with Crippen LogP contribution in [0.15, 0.2) is 47.4 Å². The van der Waals surface area contributed by atoms with Gasteiger partial charge in [-0.1, -0.05) is 18.2 Å². The molecule has 0 bridgehead atoms. The Morgan fingerprint density at radius 1 is 1.28 bits per heavy atom. The zero-order valence-corrected chi connectivity index (χ0v) is 15.2. The summed E-state index contributed by atoms with van der Waals surface area (Å²) in [4.78, 5) is 19.1. The maximum atomic E-state index is 12.4. The summed E-state index contributed by atoms with van der Waals surface area (Å²) >= 11 is 3.30. The van der Waals surface area contributed by atoms with Crippen molar-refractivity contribution in [2.24, 2.45) is 0 Å². The van der Waals surface area contributed by atoms with Crippen LogP contribution in [-0.4, -0.2) is 17.5 Å². The van der Waals surface area contributed by atoms with Crippen molar-refractivity contribution in [2.45, 2.75) is 13.5 Å². The average Bonchev–Trinajstić information content (AvgIpc) is 3.28. The highest BCUT2D eigenvalue weighted by atomic mass is 32.1. The molecule has 4 rings (SSSR count). The van der Waals surface area contributed by atoms with Gasteiger partial charge >= 0.3 is 0 Å². The molecule has 1 aromatic carbocycles. The second kappa shape index (κ2) is 6.82. The van der Waals surface area contributed by atoms with Crippen molar-refractivity contribution in [3.05, 3.63) is 62.8 Å². The molecule has 1 N–H and O–H groups in total. The summed E-state index contributed by atoms with van der Waals surface area (Å²) in [5.74, 6) is 0.731. The molecular formula is C19H16N2O2S2. The number of nitrogens with zero attached hydrogens (tertiary/aromatic N) is 1. The maximum Gasteiger partial charge on any atom is 0.250 e. The Morgan fingerprint density at radius 3 is 3.00 bits per heavy atom.